The third-order valence-corrected chi connectivity index (χ3v) is 9.01. The molecule has 49 heavy (non-hydrogen) atoms. The van der Waals surface area contributed by atoms with E-state index in [0.717, 1.165) is 61.1 Å². The quantitative estimate of drug-likeness (QED) is 0.157. The third kappa shape index (κ3) is 5.62. The van der Waals surface area contributed by atoms with Gasteiger partial charge in [0.1, 0.15) is 0 Å². The maximum absolute atomic E-state index is 5.16. The van der Waals surface area contributed by atoms with Gasteiger partial charge in [0.25, 0.3) is 0 Å². The number of aromatic nitrogens is 5. The summed E-state index contributed by atoms with van der Waals surface area (Å²) in [6, 6.07) is 58.5. The molecule has 0 saturated heterocycles. The van der Waals surface area contributed by atoms with Crippen molar-refractivity contribution in [2.45, 2.75) is 12.5 Å². The van der Waals surface area contributed by atoms with Gasteiger partial charge in [0.2, 0.25) is 5.82 Å². The normalized spacial score (nSPS) is 11.7. The SMILES string of the molecule is Cc1cc(/C=C\c2ccc(-c3ccccc3-c3nnn(C(c4ccccc4)(c4ccccc4)c4ccccc4)n3)cc2)c2ccccc2n1. The average Bonchev–Trinajstić information content (AvgIpc) is 3.66. The average molecular weight is 632 g/mol. The number of hydrogen-bond donors (Lipinski definition) is 0. The van der Waals surface area contributed by atoms with Crippen LogP contribution in [0.2, 0.25) is 0 Å². The Morgan fingerprint density at radius 3 is 1.73 bits per heavy atom. The lowest BCUT2D eigenvalue weighted by Crippen LogP contribution is -2.39. The van der Waals surface area contributed by atoms with Gasteiger partial charge in [0.15, 0.2) is 5.54 Å². The van der Waals surface area contributed by atoms with Crippen molar-refractivity contribution in [2.24, 2.45) is 0 Å². The molecular formula is C44H33N5. The summed E-state index contributed by atoms with van der Waals surface area (Å²) in [7, 11) is 0. The zero-order valence-corrected chi connectivity index (χ0v) is 27.1. The number of benzene rings is 6. The summed E-state index contributed by atoms with van der Waals surface area (Å²) < 4.78 is 0. The van der Waals surface area contributed by atoms with E-state index in [1.165, 1.54) is 0 Å². The summed E-state index contributed by atoms with van der Waals surface area (Å²) >= 11 is 0. The van der Waals surface area contributed by atoms with E-state index in [4.69, 9.17) is 15.4 Å². The van der Waals surface area contributed by atoms with E-state index < -0.39 is 5.54 Å². The molecule has 0 spiro atoms. The van der Waals surface area contributed by atoms with E-state index in [1.54, 1.807) is 4.80 Å². The molecule has 0 amide bonds. The molecule has 0 saturated carbocycles. The fraction of sp³-hybridized carbons (Fsp3) is 0.0455. The van der Waals surface area contributed by atoms with Gasteiger partial charge in [0, 0.05) is 16.6 Å². The second-order valence-corrected chi connectivity index (χ2v) is 12.1. The van der Waals surface area contributed by atoms with E-state index in [-0.39, 0.29) is 0 Å². The molecule has 2 aromatic heterocycles. The van der Waals surface area contributed by atoms with Crippen LogP contribution in [0.15, 0.2) is 170 Å². The summed E-state index contributed by atoms with van der Waals surface area (Å²) in [4.78, 5) is 6.46. The number of nitrogens with zero attached hydrogens (tertiary/aromatic N) is 5. The van der Waals surface area contributed by atoms with E-state index in [2.05, 4.69) is 157 Å². The van der Waals surface area contributed by atoms with Crippen LogP contribution in [0.25, 0.3) is 45.6 Å². The first kappa shape index (κ1) is 29.9. The highest BCUT2D eigenvalue weighted by molar-refractivity contribution is 5.91. The van der Waals surface area contributed by atoms with E-state index in [0.29, 0.717) is 5.82 Å². The number of rotatable bonds is 8. The Morgan fingerprint density at radius 1 is 0.551 bits per heavy atom. The van der Waals surface area contributed by atoms with Gasteiger partial charge in [-0.25, -0.2) is 0 Å². The fourth-order valence-electron chi connectivity index (χ4n) is 6.72. The Bertz CT molecular complexity index is 2280. The highest BCUT2D eigenvalue weighted by Gasteiger charge is 2.41. The zero-order valence-electron chi connectivity index (χ0n) is 27.1. The minimum Gasteiger partial charge on any atom is -0.253 e. The molecule has 6 aromatic carbocycles. The molecule has 8 rings (SSSR count). The molecule has 0 N–H and O–H groups in total. The summed E-state index contributed by atoms with van der Waals surface area (Å²) in [6.45, 7) is 2.04. The Kier molecular flexibility index (Phi) is 7.92. The number of aryl methyl sites for hydroxylation is 1. The molecular weight excluding hydrogens is 599 g/mol. The lowest BCUT2D eigenvalue weighted by molar-refractivity contribution is 0.396. The molecule has 0 aliphatic rings. The highest BCUT2D eigenvalue weighted by Crippen LogP contribution is 2.40. The first-order valence-electron chi connectivity index (χ1n) is 16.4. The third-order valence-electron chi connectivity index (χ3n) is 9.01. The summed E-state index contributed by atoms with van der Waals surface area (Å²) in [5, 5.41) is 15.8. The first-order chi connectivity index (χ1) is 24.2. The Labute approximate surface area is 285 Å². The second kappa shape index (κ2) is 13.0. The minimum absolute atomic E-state index is 0.562. The van der Waals surface area contributed by atoms with Gasteiger partial charge in [-0.3, -0.25) is 4.98 Å². The monoisotopic (exact) mass is 631 g/mol. The van der Waals surface area contributed by atoms with Crippen LogP contribution in [-0.2, 0) is 5.54 Å². The number of para-hydroxylation sites is 1. The molecule has 0 fully saturated rings. The van der Waals surface area contributed by atoms with Gasteiger partial charge < -0.3 is 0 Å². The van der Waals surface area contributed by atoms with Crippen molar-refractivity contribution in [3.05, 3.63) is 203 Å². The Balaban J connectivity index is 1.18. The van der Waals surface area contributed by atoms with Gasteiger partial charge in [-0.1, -0.05) is 170 Å². The fourth-order valence-corrected chi connectivity index (χ4v) is 6.72. The zero-order chi connectivity index (χ0) is 33.0. The lowest BCUT2D eigenvalue weighted by atomic mass is 9.77. The van der Waals surface area contributed by atoms with Gasteiger partial charge in [0.05, 0.1) is 5.52 Å². The van der Waals surface area contributed by atoms with Crippen LogP contribution < -0.4 is 0 Å². The molecule has 8 aromatic rings. The van der Waals surface area contributed by atoms with Crippen molar-refractivity contribution in [2.75, 3.05) is 0 Å². The molecule has 0 bridgehead atoms. The predicted octanol–water partition coefficient (Wildman–Crippen LogP) is 9.87. The lowest BCUT2D eigenvalue weighted by Gasteiger charge is -2.34. The predicted molar refractivity (Wildman–Crippen MR) is 199 cm³/mol. The van der Waals surface area contributed by atoms with Crippen LogP contribution in [0.5, 0.6) is 0 Å². The van der Waals surface area contributed by atoms with Crippen LogP contribution in [0.1, 0.15) is 33.5 Å². The van der Waals surface area contributed by atoms with Crippen LogP contribution in [0.4, 0.5) is 0 Å². The summed E-state index contributed by atoms with van der Waals surface area (Å²) in [5.74, 6) is 0.562. The number of pyridine rings is 1. The van der Waals surface area contributed by atoms with Crippen molar-refractivity contribution in [1.82, 2.24) is 25.2 Å². The smallest absolute Gasteiger partial charge is 0.205 e. The van der Waals surface area contributed by atoms with Crippen LogP contribution >= 0.6 is 0 Å². The van der Waals surface area contributed by atoms with Gasteiger partial charge in [-0.2, -0.15) is 0 Å². The van der Waals surface area contributed by atoms with Crippen molar-refractivity contribution < 1.29 is 0 Å². The maximum Gasteiger partial charge on any atom is 0.205 e. The van der Waals surface area contributed by atoms with Crippen LogP contribution in [0, 0.1) is 6.92 Å². The van der Waals surface area contributed by atoms with E-state index >= 15 is 0 Å². The van der Waals surface area contributed by atoms with Crippen molar-refractivity contribution in [3.63, 3.8) is 0 Å². The van der Waals surface area contributed by atoms with Crippen LogP contribution in [-0.4, -0.2) is 25.2 Å². The number of fused-ring (bicyclic) bond motifs is 1. The minimum atomic E-state index is -0.837. The Morgan fingerprint density at radius 2 is 1.10 bits per heavy atom. The maximum atomic E-state index is 5.16. The molecule has 5 heteroatoms. The second-order valence-electron chi connectivity index (χ2n) is 12.1. The molecule has 0 unspecified atom stereocenters. The molecule has 0 aliphatic carbocycles. The largest absolute Gasteiger partial charge is 0.253 e. The topological polar surface area (TPSA) is 56.5 Å². The number of tetrazole rings is 1. The van der Waals surface area contributed by atoms with Gasteiger partial charge >= 0.3 is 0 Å². The van der Waals surface area contributed by atoms with E-state index in [1.807, 2.05) is 37.3 Å². The Hall–Kier alpha value is -6.46. The molecule has 2 heterocycles. The summed E-state index contributed by atoms with van der Waals surface area (Å²) in [5.41, 5.74) is 9.61. The highest BCUT2D eigenvalue weighted by atomic mass is 15.6. The van der Waals surface area contributed by atoms with Gasteiger partial charge in [-0.05, 0) is 63.2 Å². The molecule has 0 radical (unpaired) electrons. The van der Waals surface area contributed by atoms with Gasteiger partial charge in [-0.15, -0.1) is 15.0 Å². The standard InChI is InChI=1S/C44H33N5/c1-32-31-35(40-22-13-14-24-42(40)45-32)30-27-33-25-28-34(29-26-33)39-21-11-12-23-41(39)43-46-48-49(47-43)44(36-15-5-2-6-16-36,37-17-7-3-8-18-37)38-19-9-4-10-20-38/h2-31H,1H3/b30-27-. The van der Waals surface area contributed by atoms with Crippen molar-refractivity contribution in [3.8, 4) is 22.5 Å². The molecule has 5 nitrogen and oxygen atoms in total. The summed E-state index contributed by atoms with van der Waals surface area (Å²) in [6.07, 6.45) is 4.32. The molecule has 0 atom stereocenters. The van der Waals surface area contributed by atoms with Crippen molar-refractivity contribution >= 4 is 23.1 Å². The number of hydrogen-bond acceptors (Lipinski definition) is 4. The first-order valence-corrected chi connectivity index (χ1v) is 16.4. The molecule has 0 aliphatic heterocycles. The molecule has 234 valence electrons. The van der Waals surface area contributed by atoms with E-state index in [9.17, 15) is 0 Å². The van der Waals surface area contributed by atoms with Crippen molar-refractivity contribution in [1.29, 1.82) is 0 Å². The van der Waals surface area contributed by atoms with Crippen LogP contribution in [0.3, 0.4) is 0 Å².